The fourth-order valence-electron chi connectivity index (χ4n) is 3.49. The Morgan fingerprint density at radius 3 is 2.59 bits per heavy atom. The van der Waals surface area contributed by atoms with E-state index < -0.39 is 5.41 Å². The maximum absolute atomic E-state index is 11.6. The van der Waals surface area contributed by atoms with Crippen LogP contribution in [0.1, 0.15) is 25.1 Å². The summed E-state index contributed by atoms with van der Waals surface area (Å²) < 4.78 is 16.2. The van der Waals surface area contributed by atoms with Gasteiger partial charge in [-0.25, -0.2) is 0 Å². The van der Waals surface area contributed by atoms with Crippen LogP contribution in [0, 0.1) is 10.1 Å². The first kappa shape index (κ1) is 17.1. The van der Waals surface area contributed by atoms with Crippen LogP contribution in [0.25, 0.3) is 10.8 Å². The topological polar surface area (TPSA) is 83.7 Å². The molecule has 1 aliphatic heterocycles. The SMILES string of the molecule is COc1ccc([N+](=O)[O-])c(C(C)(C)c2nccc3cc4c(cc23)OCO4)c1. The monoisotopic (exact) mass is 366 g/mol. The van der Waals surface area contributed by atoms with E-state index in [-0.39, 0.29) is 17.4 Å². The van der Waals surface area contributed by atoms with Crippen molar-refractivity contribution in [1.82, 2.24) is 4.98 Å². The van der Waals surface area contributed by atoms with Gasteiger partial charge in [0.15, 0.2) is 11.5 Å². The van der Waals surface area contributed by atoms with Crippen LogP contribution in [-0.4, -0.2) is 23.8 Å². The highest BCUT2D eigenvalue weighted by Crippen LogP contribution is 2.43. The van der Waals surface area contributed by atoms with Crippen molar-refractivity contribution in [3.05, 3.63) is 64.0 Å². The number of hydrogen-bond donors (Lipinski definition) is 0. The predicted octanol–water partition coefficient (Wildman–Crippen LogP) is 4.21. The van der Waals surface area contributed by atoms with Gasteiger partial charge in [0.25, 0.3) is 5.69 Å². The lowest BCUT2D eigenvalue weighted by atomic mass is 9.78. The van der Waals surface area contributed by atoms with Crippen molar-refractivity contribution in [2.24, 2.45) is 0 Å². The molecule has 2 aromatic carbocycles. The standard InChI is InChI=1S/C20H18N2O5/c1-20(2,15-9-13(25-3)4-5-16(15)22(23)24)19-14-10-18-17(26-11-27-18)8-12(14)6-7-21-19/h4-10H,11H2,1-3H3. The molecule has 0 radical (unpaired) electrons. The van der Waals surface area contributed by atoms with Gasteiger partial charge < -0.3 is 14.2 Å². The van der Waals surface area contributed by atoms with Crippen molar-refractivity contribution in [2.75, 3.05) is 13.9 Å². The Hall–Kier alpha value is -3.35. The van der Waals surface area contributed by atoms with Gasteiger partial charge >= 0.3 is 0 Å². The molecule has 7 nitrogen and oxygen atoms in total. The second-order valence-electron chi connectivity index (χ2n) is 6.85. The quantitative estimate of drug-likeness (QED) is 0.508. The summed E-state index contributed by atoms with van der Waals surface area (Å²) in [5, 5.41) is 13.4. The second-order valence-corrected chi connectivity index (χ2v) is 6.85. The number of fused-ring (bicyclic) bond motifs is 2. The van der Waals surface area contributed by atoms with Crippen LogP contribution >= 0.6 is 0 Å². The van der Waals surface area contributed by atoms with Crippen molar-refractivity contribution in [3.63, 3.8) is 0 Å². The number of nitro groups is 1. The van der Waals surface area contributed by atoms with Gasteiger partial charge in [0, 0.05) is 28.6 Å². The normalized spacial score (nSPS) is 13.0. The van der Waals surface area contributed by atoms with E-state index in [2.05, 4.69) is 4.98 Å². The molecule has 0 fully saturated rings. The minimum absolute atomic E-state index is 0.0281. The third kappa shape index (κ3) is 2.71. The minimum Gasteiger partial charge on any atom is -0.497 e. The van der Waals surface area contributed by atoms with E-state index in [1.807, 2.05) is 32.0 Å². The lowest BCUT2D eigenvalue weighted by Crippen LogP contribution is -2.22. The van der Waals surface area contributed by atoms with Gasteiger partial charge in [-0.15, -0.1) is 0 Å². The fourth-order valence-corrected chi connectivity index (χ4v) is 3.49. The van der Waals surface area contributed by atoms with Gasteiger partial charge in [0.1, 0.15) is 5.75 Å². The second kappa shape index (κ2) is 6.12. The fraction of sp³-hybridized carbons (Fsp3) is 0.250. The molecular weight excluding hydrogens is 348 g/mol. The number of pyridine rings is 1. The zero-order valence-corrected chi connectivity index (χ0v) is 15.2. The van der Waals surface area contributed by atoms with E-state index in [4.69, 9.17) is 14.2 Å². The summed E-state index contributed by atoms with van der Waals surface area (Å²) >= 11 is 0. The van der Waals surface area contributed by atoms with Crippen LogP contribution in [0.15, 0.2) is 42.6 Å². The molecule has 0 bridgehead atoms. The molecule has 27 heavy (non-hydrogen) atoms. The molecule has 7 heteroatoms. The van der Waals surface area contributed by atoms with E-state index in [0.29, 0.717) is 22.8 Å². The molecule has 0 aliphatic carbocycles. The van der Waals surface area contributed by atoms with Gasteiger partial charge in [-0.05, 0) is 49.6 Å². The summed E-state index contributed by atoms with van der Waals surface area (Å²) in [6.07, 6.45) is 1.70. The Kier molecular flexibility index (Phi) is 3.87. The number of nitrogens with zero attached hydrogens (tertiary/aromatic N) is 2. The molecule has 138 valence electrons. The first-order valence-electron chi connectivity index (χ1n) is 8.43. The number of aromatic nitrogens is 1. The summed E-state index contributed by atoms with van der Waals surface area (Å²) in [6, 6.07) is 10.4. The van der Waals surface area contributed by atoms with Crippen molar-refractivity contribution in [3.8, 4) is 17.2 Å². The van der Waals surface area contributed by atoms with E-state index >= 15 is 0 Å². The van der Waals surface area contributed by atoms with Gasteiger partial charge in [-0.3, -0.25) is 15.1 Å². The number of ether oxygens (including phenoxy) is 3. The van der Waals surface area contributed by atoms with Crippen LogP contribution in [0.3, 0.4) is 0 Å². The van der Waals surface area contributed by atoms with Crippen LogP contribution in [0.5, 0.6) is 17.2 Å². The maximum atomic E-state index is 11.6. The van der Waals surface area contributed by atoms with Gasteiger partial charge in [-0.1, -0.05) is 0 Å². The van der Waals surface area contributed by atoms with Gasteiger partial charge in [0.2, 0.25) is 6.79 Å². The van der Waals surface area contributed by atoms with E-state index in [9.17, 15) is 10.1 Å². The first-order valence-corrected chi connectivity index (χ1v) is 8.43. The molecule has 0 unspecified atom stereocenters. The van der Waals surface area contributed by atoms with Gasteiger partial charge in [0.05, 0.1) is 17.7 Å². The molecular formula is C20H18N2O5. The summed E-state index contributed by atoms with van der Waals surface area (Å²) in [7, 11) is 1.54. The zero-order chi connectivity index (χ0) is 19.2. The van der Waals surface area contributed by atoms with Crippen molar-refractivity contribution in [1.29, 1.82) is 0 Å². The molecule has 3 aromatic rings. The summed E-state index contributed by atoms with van der Waals surface area (Å²) in [5.74, 6) is 1.89. The maximum Gasteiger partial charge on any atom is 0.273 e. The minimum atomic E-state index is -0.746. The molecule has 0 saturated heterocycles. The molecule has 0 saturated carbocycles. The Morgan fingerprint density at radius 1 is 1.15 bits per heavy atom. The zero-order valence-electron chi connectivity index (χ0n) is 15.2. The average molecular weight is 366 g/mol. The molecule has 0 atom stereocenters. The van der Waals surface area contributed by atoms with Crippen molar-refractivity contribution < 1.29 is 19.1 Å². The Balaban J connectivity index is 1.96. The number of hydrogen-bond acceptors (Lipinski definition) is 6. The molecule has 0 N–H and O–H groups in total. The smallest absolute Gasteiger partial charge is 0.273 e. The Morgan fingerprint density at radius 2 is 1.89 bits per heavy atom. The Labute approximate surface area is 155 Å². The predicted molar refractivity (Wildman–Crippen MR) is 99.6 cm³/mol. The van der Waals surface area contributed by atoms with Crippen LogP contribution in [-0.2, 0) is 5.41 Å². The first-order chi connectivity index (χ1) is 12.9. The number of benzene rings is 2. The molecule has 2 heterocycles. The largest absolute Gasteiger partial charge is 0.497 e. The van der Waals surface area contributed by atoms with Crippen LogP contribution in [0.4, 0.5) is 5.69 Å². The highest BCUT2D eigenvalue weighted by Gasteiger charge is 2.34. The van der Waals surface area contributed by atoms with E-state index in [0.717, 1.165) is 16.5 Å². The lowest BCUT2D eigenvalue weighted by molar-refractivity contribution is -0.385. The van der Waals surface area contributed by atoms with Crippen molar-refractivity contribution >= 4 is 16.5 Å². The molecule has 0 spiro atoms. The van der Waals surface area contributed by atoms with Crippen LogP contribution in [0.2, 0.25) is 0 Å². The Bertz CT molecular complexity index is 1060. The molecule has 4 rings (SSSR count). The lowest BCUT2D eigenvalue weighted by Gasteiger charge is -2.26. The van der Waals surface area contributed by atoms with E-state index in [1.165, 1.54) is 13.2 Å². The summed E-state index contributed by atoms with van der Waals surface area (Å²) in [4.78, 5) is 15.8. The van der Waals surface area contributed by atoms with Gasteiger partial charge in [-0.2, -0.15) is 0 Å². The third-order valence-electron chi connectivity index (χ3n) is 4.92. The van der Waals surface area contributed by atoms with E-state index in [1.54, 1.807) is 18.3 Å². The third-order valence-corrected chi connectivity index (χ3v) is 4.92. The van der Waals surface area contributed by atoms with Crippen molar-refractivity contribution in [2.45, 2.75) is 19.3 Å². The molecule has 0 amide bonds. The highest BCUT2D eigenvalue weighted by atomic mass is 16.7. The molecule has 1 aromatic heterocycles. The number of rotatable bonds is 4. The summed E-state index contributed by atoms with van der Waals surface area (Å²) in [5.41, 5.74) is 0.531. The molecule has 1 aliphatic rings. The van der Waals surface area contributed by atoms with Crippen LogP contribution < -0.4 is 14.2 Å². The summed E-state index contributed by atoms with van der Waals surface area (Å²) in [6.45, 7) is 4.02. The highest BCUT2D eigenvalue weighted by molar-refractivity contribution is 5.89. The number of methoxy groups -OCH3 is 1. The average Bonchev–Trinajstić information content (AvgIpc) is 3.12. The number of nitro benzene ring substituents is 1.